The predicted molar refractivity (Wildman–Crippen MR) is 225 cm³/mol. The summed E-state index contributed by atoms with van der Waals surface area (Å²) in [7, 11) is 0. The maximum absolute atomic E-state index is 5.97. The second kappa shape index (κ2) is 23.9. The molecule has 2 atom stereocenters. The molecule has 0 radical (unpaired) electrons. The van der Waals surface area contributed by atoms with E-state index >= 15 is 0 Å². The highest BCUT2D eigenvalue weighted by atomic mass is 14.5. The topological polar surface area (TPSA) is 52.0 Å². The van der Waals surface area contributed by atoms with Gasteiger partial charge in [0.05, 0.1) is 0 Å². The van der Waals surface area contributed by atoms with Crippen molar-refractivity contribution < 1.29 is 0 Å². The molecule has 0 saturated heterocycles. The van der Waals surface area contributed by atoms with Gasteiger partial charge in [0.2, 0.25) is 0 Å². The van der Waals surface area contributed by atoms with E-state index in [0.29, 0.717) is 11.8 Å². The molecule has 276 valence electrons. The Hall–Kier alpha value is -3.52. The number of anilines is 2. The summed E-state index contributed by atoms with van der Waals surface area (Å²) in [6.45, 7) is 4.57. The molecule has 0 bridgehead atoms. The number of aryl methyl sites for hydroxylation is 2. The average molecular weight is 687 g/mol. The Balaban J connectivity index is 1.03. The maximum Gasteiger partial charge on any atom is 0.0314 e. The van der Waals surface area contributed by atoms with E-state index in [9.17, 15) is 0 Å². The molecule has 2 unspecified atom stereocenters. The molecule has 2 nitrogen and oxygen atoms in total. The second-order valence-corrected chi connectivity index (χ2v) is 15.3. The van der Waals surface area contributed by atoms with Gasteiger partial charge in [0, 0.05) is 23.2 Å². The van der Waals surface area contributed by atoms with Gasteiger partial charge < -0.3 is 11.5 Å². The lowest BCUT2D eigenvalue weighted by atomic mass is 9.86. The van der Waals surface area contributed by atoms with Gasteiger partial charge in [-0.2, -0.15) is 0 Å². The summed E-state index contributed by atoms with van der Waals surface area (Å²) in [5.74, 6) is 0.935. The van der Waals surface area contributed by atoms with Crippen LogP contribution in [0.3, 0.4) is 0 Å². The Kier molecular flexibility index (Phi) is 18.8. The highest BCUT2D eigenvalue weighted by Crippen LogP contribution is 2.32. The lowest BCUT2D eigenvalue weighted by molar-refractivity contribution is 0.545. The summed E-state index contributed by atoms with van der Waals surface area (Å²) in [6, 6.07) is 36.1. The molecular formula is C49H70N2. The summed E-state index contributed by atoms with van der Waals surface area (Å²) in [5.41, 5.74) is 22.3. The zero-order valence-corrected chi connectivity index (χ0v) is 32.4. The first-order valence-corrected chi connectivity index (χ1v) is 21.0. The average Bonchev–Trinajstić information content (AvgIpc) is 3.15. The Bertz CT molecular complexity index is 1320. The fraction of sp³-hybridized carbons (Fsp3) is 0.510. The second-order valence-electron chi connectivity index (χ2n) is 15.3. The van der Waals surface area contributed by atoms with Crippen molar-refractivity contribution in [1.82, 2.24) is 0 Å². The Morgan fingerprint density at radius 2 is 0.608 bits per heavy atom. The van der Waals surface area contributed by atoms with Crippen LogP contribution in [-0.4, -0.2) is 0 Å². The molecule has 4 N–H and O–H groups in total. The molecule has 4 rings (SSSR count). The lowest BCUT2D eigenvalue weighted by Gasteiger charge is -2.19. The van der Waals surface area contributed by atoms with Crippen molar-refractivity contribution in [2.45, 2.75) is 161 Å². The molecule has 4 aromatic carbocycles. The number of rotatable bonds is 26. The first-order chi connectivity index (χ1) is 25.1. The number of hydrogen-bond acceptors (Lipinski definition) is 2. The number of nitrogen functional groups attached to an aromatic ring is 2. The van der Waals surface area contributed by atoms with Gasteiger partial charge in [-0.15, -0.1) is 0 Å². The van der Waals surface area contributed by atoms with Gasteiger partial charge in [-0.25, -0.2) is 0 Å². The Labute approximate surface area is 312 Å². The van der Waals surface area contributed by atoms with E-state index in [1.165, 1.54) is 168 Å². The molecule has 0 amide bonds. The van der Waals surface area contributed by atoms with E-state index < -0.39 is 0 Å². The number of hydrogen-bond donors (Lipinski definition) is 2. The van der Waals surface area contributed by atoms with Crippen molar-refractivity contribution >= 4 is 11.4 Å². The minimum absolute atomic E-state index is 0.468. The summed E-state index contributed by atoms with van der Waals surface area (Å²) in [4.78, 5) is 0. The molecule has 4 aromatic rings. The summed E-state index contributed by atoms with van der Waals surface area (Å²) < 4.78 is 0. The van der Waals surface area contributed by atoms with Crippen LogP contribution < -0.4 is 11.5 Å². The zero-order chi connectivity index (χ0) is 35.9. The third kappa shape index (κ3) is 14.9. The number of nitrogens with two attached hydrogens (primary N) is 2. The van der Waals surface area contributed by atoms with Gasteiger partial charge in [0.25, 0.3) is 0 Å². The monoisotopic (exact) mass is 687 g/mol. The molecular weight excluding hydrogens is 617 g/mol. The van der Waals surface area contributed by atoms with Gasteiger partial charge in [-0.05, 0) is 96.2 Å². The first kappa shape index (κ1) is 40.3. The molecule has 2 heteroatoms. The van der Waals surface area contributed by atoms with Gasteiger partial charge in [-0.3, -0.25) is 0 Å². The molecule has 0 spiro atoms. The van der Waals surface area contributed by atoms with Crippen LogP contribution in [-0.2, 0) is 12.8 Å². The lowest BCUT2D eigenvalue weighted by Crippen LogP contribution is -2.02. The molecule has 0 aromatic heterocycles. The standard InChI is InChI=1S/C49H70N2/c1-3-5-16-22-48(44-32-36-46(50)37-33-44)42-28-24-40(25-29-42)20-18-14-12-10-8-7-9-11-13-15-19-21-41-26-30-43(31-27-41)49(23-17-6-4-2)45-34-38-47(51)39-35-45/h24-39,48-49H,3-23,50-51H2,1-2H3. The van der Waals surface area contributed by atoms with Gasteiger partial charge in [-0.1, -0.05) is 183 Å². The van der Waals surface area contributed by atoms with Crippen LogP contribution in [0, 0.1) is 0 Å². The van der Waals surface area contributed by atoms with Crippen molar-refractivity contribution in [3.05, 3.63) is 130 Å². The van der Waals surface area contributed by atoms with Crippen molar-refractivity contribution in [2.75, 3.05) is 11.5 Å². The predicted octanol–water partition coefficient (Wildman–Crippen LogP) is 14.4. The quantitative estimate of drug-likeness (QED) is 0.0510. The first-order valence-electron chi connectivity index (χ1n) is 21.0. The molecule has 0 aliphatic carbocycles. The third-order valence-electron chi connectivity index (χ3n) is 11.1. The van der Waals surface area contributed by atoms with Crippen LogP contribution in [0.5, 0.6) is 0 Å². The zero-order valence-electron chi connectivity index (χ0n) is 32.4. The van der Waals surface area contributed by atoms with E-state index in [-0.39, 0.29) is 0 Å². The van der Waals surface area contributed by atoms with Crippen LogP contribution in [0.2, 0.25) is 0 Å². The normalized spacial score (nSPS) is 12.6. The maximum atomic E-state index is 5.97. The molecule has 0 heterocycles. The molecule has 0 fully saturated rings. The number of benzene rings is 4. The van der Waals surface area contributed by atoms with Crippen LogP contribution in [0.15, 0.2) is 97.1 Å². The van der Waals surface area contributed by atoms with E-state index in [0.717, 1.165) is 11.4 Å². The molecule has 0 saturated carbocycles. The summed E-state index contributed by atoms with van der Waals surface area (Å²) in [5, 5.41) is 0. The Morgan fingerprint density at radius 3 is 0.902 bits per heavy atom. The smallest absolute Gasteiger partial charge is 0.0314 e. The van der Waals surface area contributed by atoms with Crippen LogP contribution >= 0.6 is 0 Å². The fourth-order valence-corrected chi connectivity index (χ4v) is 7.79. The van der Waals surface area contributed by atoms with Gasteiger partial charge in [0.1, 0.15) is 0 Å². The van der Waals surface area contributed by atoms with Crippen molar-refractivity contribution in [1.29, 1.82) is 0 Å². The van der Waals surface area contributed by atoms with E-state index in [1.54, 1.807) is 0 Å². The summed E-state index contributed by atoms with van der Waals surface area (Å²) >= 11 is 0. The fourth-order valence-electron chi connectivity index (χ4n) is 7.79. The van der Waals surface area contributed by atoms with Gasteiger partial charge in [0.15, 0.2) is 0 Å². The highest BCUT2D eigenvalue weighted by Gasteiger charge is 2.15. The molecule has 51 heavy (non-hydrogen) atoms. The van der Waals surface area contributed by atoms with Crippen molar-refractivity contribution in [3.63, 3.8) is 0 Å². The van der Waals surface area contributed by atoms with Crippen molar-refractivity contribution in [2.24, 2.45) is 0 Å². The van der Waals surface area contributed by atoms with E-state index in [2.05, 4.69) is 86.6 Å². The Morgan fingerprint density at radius 1 is 0.333 bits per heavy atom. The minimum Gasteiger partial charge on any atom is -0.399 e. The summed E-state index contributed by atoms with van der Waals surface area (Å²) in [6.07, 6.45) is 27.6. The van der Waals surface area contributed by atoms with Crippen LogP contribution in [0.25, 0.3) is 0 Å². The van der Waals surface area contributed by atoms with Gasteiger partial charge >= 0.3 is 0 Å². The van der Waals surface area contributed by atoms with Crippen LogP contribution in [0.1, 0.15) is 181 Å². The van der Waals surface area contributed by atoms with Crippen LogP contribution in [0.4, 0.5) is 11.4 Å². The van der Waals surface area contributed by atoms with E-state index in [4.69, 9.17) is 11.5 Å². The molecule has 0 aliphatic heterocycles. The minimum atomic E-state index is 0.468. The van der Waals surface area contributed by atoms with Crippen molar-refractivity contribution in [3.8, 4) is 0 Å². The number of unbranched alkanes of at least 4 members (excludes halogenated alkanes) is 14. The highest BCUT2D eigenvalue weighted by molar-refractivity contribution is 5.44. The largest absolute Gasteiger partial charge is 0.399 e. The molecule has 0 aliphatic rings. The SMILES string of the molecule is CCCCCC(c1ccc(N)cc1)c1ccc(CCCCCCCCCCCCCc2ccc(C(CCCCC)c3ccc(N)cc3)cc2)cc1. The van der Waals surface area contributed by atoms with E-state index in [1.807, 2.05) is 24.3 Å². The third-order valence-corrected chi connectivity index (χ3v) is 11.1.